The molecule has 0 aliphatic heterocycles. The summed E-state index contributed by atoms with van der Waals surface area (Å²) in [6.45, 7) is 4.15. The molecular weight excluding hydrogens is 268 g/mol. The van der Waals surface area contributed by atoms with Crippen molar-refractivity contribution in [3.63, 3.8) is 0 Å². The maximum absolute atomic E-state index is 12.5. The van der Waals surface area contributed by atoms with Crippen molar-refractivity contribution in [1.82, 2.24) is 0 Å². The Bertz CT molecular complexity index is 507. The number of aryl methyl sites for hydroxylation is 2. The van der Waals surface area contributed by atoms with Crippen LogP contribution in [-0.2, 0) is 17.6 Å². The Morgan fingerprint density at radius 2 is 1.09 bits per heavy atom. The molecule has 2 rings (SSSR count). The molecule has 2 aromatic rings. The number of rotatable bonds is 8. The van der Waals surface area contributed by atoms with Crippen molar-refractivity contribution in [2.45, 2.75) is 39.5 Å². The van der Waals surface area contributed by atoms with Gasteiger partial charge in [-0.1, -0.05) is 74.5 Å². The second-order valence-electron chi connectivity index (χ2n) is 6.25. The molecule has 0 radical (unpaired) electrons. The minimum absolute atomic E-state index is 0.144. The van der Waals surface area contributed by atoms with E-state index in [4.69, 9.17) is 0 Å². The quantitative estimate of drug-likeness (QED) is 0.662. The number of benzene rings is 2. The normalized spacial score (nSPS) is 13.5. The van der Waals surface area contributed by atoms with E-state index in [-0.39, 0.29) is 11.8 Å². The Morgan fingerprint density at radius 1 is 0.727 bits per heavy atom. The molecule has 0 aromatic heterocycles. The van der Waals surface area contributed by atoms with Gasteiger partial charge in [0.1, 0.15) is 5.78 Å². The number of carbonyl (C=O) groups excluding carboxylic acids is 1. The smallest absolute Gasteiger partial charge is 0.138 e. The van der Waals surface area contributed by atoms with E-state index in [0.29, 0.717) is 5.78 Å². The first kappa shape index (κ1) is 16.5. The molecule has 1 heteroatoms. The third-order valence-electron chi connectivity index (χ3n) is 4.39. The lowest BCUT2D eigenvalue weighted by Gasteiger charge is -2.16. The van der Waals surface area contributed by atoms with Crippen molar-refractivity contribution in [3.05, 3.63) is 71.8 Å². The van der Waals surface area contributed by atoms with Crippen LogP contribution in [0.5, 0.6) is 0 Å². The Morgan fingerprint density at radius 3 is 1.45 bits per heavy atom. The van der Waals surface area contributed by atoms with E-state index < -0.39 is 0 Å². The lowest BCUT2D eigenvalue weighted by molar-refractivity contribution is -0.126. The molecule has 0 spiro atoms. The predicted octanol–water partition coefficient (Wildman–Crippen LogP) is 5.09. The fraction of sp³-hybridized carbons (Fsp3) is 0.381. The lowest BCUT2D eigenvalue weighted by atomic mass is 9.87. The molecule has 2 atom stereocenters. The summed E-state index contributed by atoms with van der Waals surface area (Å²) in [6, 6.07) is 20.8. The van der Waals surface area contributed by atoms with Gasteiger partial charge in [-0.25, -0.2) is 0 Å². The van der Waals surface area contributed by atoms with Crippen LogP contribution in [-0.4, -0.2) is 5.78 Å². The number of hydrogen-bond donors (Lipinski definition) is 0. The van der Waals surface area contributed by atoms with E-state index in [1.807, 2.05) is 12.1 Å². The molecule has 0 N–H and O–H groups in total. The highest BCUT2D eigenvalue weighted by atomic mass is 16.1. The summed E-state index contributed by atoms with van der Waals surface area (Å²) in [5.74, 6) is 0.698. The summed E-state index contributed by atoms with van der Waals surface area (Å²) in [5.41, 5.74) is 2.64. The lowest BCUT2D eigenvalue weighted by Crippen LogP contribution is -2.20. The Balaban J connectivity index is 1.77. The van der Waals surface area contributed by atoms with Gasteiger partial charge in [0.2, 0.25) is 0 Å². The van der Waals surface area contributed by atoms with Crippen molar-refractivity contribution in [1.29, 1.82) is 0 Å². The molecule has 0 saturated carbocycles. The van der Waals surface area contributed by atoms with Gasteiger partial charge in [-0.05, 0) is 36.8 Å². The van der Waals surface area contributed by atoms with Gasteiger partial charge in [-0.3, -0.25) is 4.79 Å². The van der Waals surface area contributed by atoms with Crippen LogP contribution in [0.25, 0.3) is 0 Å². The Hall–Kier alpha value is -1.89. The third-order valence-corrected chi connectivity index (χ3v) is 4.39. The summed E-state index contributed by atoms with van der Waals surface area (Å²) in [7, 11) is 0. The van der Waals surface area contributed by atoms with Crippen LogP contribution in [0.4, 0.5) is 0 Å². The molecule has 1 nitrogen and oxygen atoms in total. The topological polar surface area (TPSA) is 17.1 Å². The average Bonchev–Trinajstić information content (AvgIpc) is 2.58. The van der Waals surface area contributed by atoms with Crippen molar-refractivity contribution >= 4 is 5.78 Å². The Kier molecular flexibility index (Phi) is 6.39. The molecule has 2 unspecified atom stereocenters. The van der Waals surface area contributed by atoms with E-state index in [1.165, 1.54) is 11.1 Å². The number of carbonyl (C=O) groups is 1. The maximum Gasteiger partial charge on any atom is 0.138 e. The van der Waals surface area contributed by atoms with Crippen LogP contribution in [0.2, 0.25) is 0 Å². The highest BCUT2D eigenvalue weighted by Gasteiger charge is 2.19. The van der Waals surface area contributed by atoms with Gasteiger partial charge in [-0.2, -0.15) is 0 Å². The average molecular weight is 294 g/mol. The minimum Gasteiger partial charge on any atom is -0.299 e. The van der Waals surface area contributed by atoms with Crippen LogP contribution in [0.1, 0.15) is 37.8 Å². The first-order valence-corrected chi connectivity index (χ1v) is 8.28. The molecule has 0 bridgehead atoms. The van der Waals surface area contributed by atoms with E-state index in [1.54, 1.807) is 0 Å². The second-order valence-corrected chi connectivity index (χ2v) is 6.25. The molecule has 0 aliphatic carbocycles. The summed E-state index contributed by atoms with van der Waals surface area (Å²) < 4.78 is 0. The summed E-state index contributed by atoms with van der Waals surface area (Å²) >= 11 is 0. The van der Waals surface area contributed by atoms with Gasteiger partial charge in [0.05, 0.1) is 0 Å². The van der Waals surface area contributed by atoms with Crippen LogP contribution in [0, 0.1) is 11.8 Å². The molecule has 0 amide bonds. The number of Topliss-reactive ketones (excluding diaryl/α,β-unsaturated/α-hetero) is 1. The summed E-state index contributed by atoms with van der Waals surface area (Å²) in [6.07, 6.45) is 3.86. The Labute approximate surface area is 134 Å². The molecule has 0 aliphatic rings. The van der Waals surface area contributed by atoms with Crippen LogP contribution >= 0.6 is 0 Å². The van der Waals surface area contributed by atoms with E-state index in [0.717, 1.165) is 25.7 Å². The van der Waals surface area contributed by atoms with E-state index >= 15 is 0 Å². The SMILES string of the molecule is CC(CCc1ccccc1)C(=O)C(C)CCc1ccccc1. The highest BCUT2D eigenvalue weighted by molar-refractivity contribution is 5.82. The molecular formula is C21H26O. The summed E-state index contributed by atoms with van der Waals surface area (Å²) in [4.78, 5) is 12.5. The molecule has 22 heavy (non-hydrogen) atoms. The highest BCUT2D eigenvalue weighted by Crippen LogP contribution is 2.18. The zero-order valence-electron chi connectivity index (χ0n) is 13.7. The zero-order valence-corrected chi connectivity index (χ0v) is 13.7. The fourth-order valence-electron chi connectivity index (χ4n) is 2.83. The molecule has 0 heterocycles. The monoisotopic (exact) mass is 294 g/mol. The first-order valence-electron chi connectivity index (χ1n) is 8.28. The van der Waals surface area contributed by atoms with E-state index in [2.05, 4.69) is 62.4 Å². The third kappa shape index (κ3) is 5.14. The minimum atomic E-state index is 0.144. The fourth-order valence-corrected chi connectivity index (χ4v) is 2.83. The van der Waals surface area contributed by atoms with Gasteiger partial charge >= 0.3 is 0 Å². The largest absolute Gasteiger partial charge is 0.299 e. The second kappa shape index (κ2) is 8.53. The van der Waals surface area contributed by atoms with Gasteiger partial charge in [0.25, 0.3) is 0 Å². The van der Waals surface area contributed by atoms with Gasteiger partial charge in [0.15, 0.2) is 0 Å². The molecule has 2 aromatic carbocycles. The standard InChI is InChI=1S/C21H26O/c1-17(13-15-19-9-5-3-6-10-19)21(22)18(2)14-16-20-11-7-4-8-12-20/h3-12,17-18H,13-16H2,1-2H3. The number of ketones is 1. The molecule has 0 saturated heterocycles. The van der Waals surface area contributed by atoms with Gasteiger partial charge < -0.3 is 0 Å². The molecule has 116 valence electrons. The predicted molar refractivity (Wildman–Crippen MR) is 92.9 cm³/mol. The van der Waals surface area contributed by atoms with Crippen molar-refractivity contribution in [2.24, 2.45) is 11.8 Å². The maximum atomic E-state index is 12.5. The van der Waals surface area contributed by atoms with E-state index in [9.17, 15) is 4.79 Å². The summed E-state index contributed by atoms with van der Waals surface area (Å²) in [5, 5.41) is 0. The number of hydrogen-bond acceptors (Lipinski definition) is 1. The van der Waals surface area contributed by atoms with Gasteiger partial charge in [0, 0.05) is 11.8 Å². The first-order chi connectivity index (χ1) is 10.7. The van der Waals surface area contributed by atoms with Crippen LogP contribution in [0.15, 0.2) is 60.7 Å². The van der Waals surface area contributed by atoms with Crippen LogP contribution in [0.3, 0.4) is 0 Å². The molecule has 0 fully saturated rings. The zero-order chi connectivity index (χ0) is 15.8. The van der Waals surface area contributed by atoms with Crippen LogP contribution < -0.4 is 0 Å². The van der Waals surface area contributed by atoms with Crippen molar-refractivity contribution < 1.29 is 4.79 Å². The van der Waals surface area contributed by atoms with Crippen molar-refractivity contribution in [2.75, 3.05) is 0 Å². The van der Waals surface area contributed by atoms with Gasteiger partial charge in [-0.15, -0.1) is 0 Å². The van der Waals surface area contributed by atoms with Crippen molar-refractivity contribution in [3.8, 4) is 0 Å².